The highest BCUT2D eigenvalue weighted by Gasteiger charge is 2.36. The van der Waals surface area contributed by atoms with Crippen LogP contribution in [0.1, 0.15) is 11.6 Å². The number of esters is 1. The number of benzene rings is 1. The maximum atomic E-state index is 12.9. The minimum atomic E-state index is -3.89. The summed E-state index contributed by atoms with van der Waals surface area (Å²) in [5, 5.41) is 5.06. The SMILES string of the molecule is COC(=O)C1=C(CS(=O)(=O)c2ccc(Cl)s2)NC(=O)NC1c1ccc(OC)c(OC)c1. The summed E-state index contributed by atoms with van der Waals surface area (Å²) in [5.41, 5.74) is 0.349. The Balaban J connectivity index is 2.11. The average Bonchev–Trinajstić information content (AvgIpc) is 3.19. The van der Waals surface area contributed by atoms with E-state index < -0.39 is 33.6 Å². The second kappa shape index (κ2) is 9.16. The van der Waals surface area contributed by atoms with E-state index in [4.69, 9.17) is 25.8 Å². The summed E-state index contributed by atoms with van der Waals surface area (Å²) in [5.74, 6) is -0.584. The molecule has 1 aromatic heterocycles. The molecule has 12 heteroatoms. The molecule has 2 amide bonds. The molecule has 1 atom stereocenters. The van der Waals surface area contributed by atoms with Crippen molar-refractivity contribution in [2.75, 3.05) is 27.1 Å². The van der Waals surface area contributed by atoms with Gasteiger partial charge in [0.1, 0.15) is 4.21 Å². The highest BCUT2D eigenvalue weighted by molar-refractivity contribution is 7.93. The molecule has 3 rings (SSSR count). The molecule has 9 nitrogen and oxygen atoms in total. The van der Waals surface area contributed by atoms with Crippen LogP contribution in [-0.4, -0.2) is 47.5 Å². The van der Waals surface area contributed by atoms with Crippen molar-refractivity contribution in [3.8, 4) is 11.5 Å². The van der Waals surface area contributed by atoms with Gasteiger partial charge in [0.25, 0.3) is 0 Å². The molecule has 1 aliphatic heterocycles. The molecule has 0 radical (unpaired) electrons. The first-order valence-corrected chi connectivity index (χ1v) is 11.6. The predicted molar refractivity (Wildman–Crippen MR) is 114 cm³/mol. The molecular formula is C19H19ClN2O7S2. The van der Waals surface area contributed by atoms with Crippen molar-refractivity contribution >= 4 is 44.8 Å². The van der Waals surface area contributed by atoms with E-state index in [1.54, 1.807) is 18.2 Å². The van der Waals surface area contributed by atoms with Crippen LogP contribution in [0.3, 0.4) is 0 Å². The van der Waals surface area contributed by atoms with Gasteiger partial charge in [0.2, 0.25) is 0 Å². The summed E-state index contributed by atoms with van der Waals surface area (Å²) in [6, 6.07) is 6.02. The van der Waals surface area contributed by atoms with E-state index >= 15 is 0 Å². The molecule has 1 aliphatic rings. The van der Waals surface area contributed by atoms with Crippen molar-refractivity contribution in [2.24, 2.45) is 0 Å². The molecule has 0 bridgehead atoms. The summed E-state index contributed by atoms with van der Waals surface area (Å²) in [6.07, 6.45) is 0. The van der Waals surface area contributed by atoms with Crippen LogP contribution in [0.4, 0.5) is 4.79 Å². The normalized spacial score (nSPS) is 16.4. The summed E-state index contributed by atoms with van der Waals surface area (Å²) >= 11 is 6.74. The Morgan fingerprint density at radius 2 is 1.84 bits per heavy atom. The molecule has 2 aromatic rings. The molecule has 0 aliphatic carbocycles. The Hall–Kier alpha value is -2.76. The molecule has 2 heterocycles. The first kappa shape index (κ1) is 22.9. The first-order chi connectivity index (χ1) is 14.7. The van der Waals surface area contributed by atoms with Gasteiger partial charge < -0.3 is 24.8 Å². The quantitative estimate of drug-likeness (QED) is 0.577. The van der Waals surface area contributed by atoms with E-state index in [1.807, 2.05) is 0 Å². The van der Waals surface area contributed by atoms with Gasteiger partial charge in [-0.1, -0.05) is 17.7 Å². The minimum Gasteiger partial charge on any atom is -0.493 e. The van der Waals surface area contributed by atoms with Gasteiger partial charge in [-0.15, -0.1) is 11.3 Å². The second-order valence-electron chi connectivity index (χ2n) is 6.35. The molecule has 31 heavy (non-hydrogen) atoms. The topological polar surface area (TPSA) is 120 Å². The summed E-state index contributed by atoms with van der Waals surface area (Å²) in [4.78, 5) is 25.0. The summed E-state index contributed by atoms with van der Waals surface area (Å²) < 4.78 is 41.4. The molecule has 0 saturated heterocycles. The number of hydrogen-bond donors (Lipinski definition) is 2. The number of carbonyl (C=O) groups excluding carboxylic acids is 2. The third kappa shape index (κ3) is 4.78. The molecule has 0 saturated carbocycles. The first-order valence-electron chi connectivity index (χ1n) is 8.79. The number of halogens is 1. The van der Waals surface area contributed by atoms with Crippen molar-refractivity contribution in [1.29, 1.82) is 0 Å². The summed E-state index contributed by atoms with van der Waals surface area (Å²) in [7, 11) is 0.208. The molecule has 0 fully saturated rings. The lowest BCUT2D eigenvalue weighted by atomic mass is 9.95. The number of hydrogen-bond acceptors (Lipinski definition) is 8. The number of sulfone groups is 1. The number of thiophene rings is 1. The van der Waals surface area contributed by atoms with Crippen LogP contribution in [0, 0.1) is 0 Å². The Morgan fingerprint density at radius 3 is 2.42 bits per heavy atom. The summed E-state index contributed by atoms with van der Waals surface area (Å²) in [6.45, 7) is 0. The van der Waals surface area contributed by atoms with Gasteiger partial charge in [0.05, 0.1) is 43.0 Å². The van der Waals surface area contributed by atoms with E-state index in [0.29, 0.717) is 21.4 Å². The van der Waals surface area contributed by atoms with Crippen molar-refractivity contribution in [3.63, 3.8) is 0 Å². The second-order valence-corrected chi connectivity index (χ2v) is 10.3. The number of urea groups is 1. The van der Waals surface area contributed by atoms with E-state index in [9.17, 15) is 18.0 Å². The number of methoxy groups -OCH3 is 3. The maximum absolute atomic E-state index is 12.9. The van der Waals surface area contributed by atoms with Gasteiger partial charge >= 0.3 is 12.0 Å². The van der Waals surface area contributed by atoms with Crippen molar-refractivity contribution in [3.05, 3.63) is 51.5 Å². The maximum Gasteiger partial charge on any atom is 0.338 e. The lowest BCUT2D eigenvalue weighted by Gasteiger charge is -2.29. The zero-order chi connectivity index (χ0) is 22.8. The van der Waals surface area contributed by atoms with Crippen LogP contribution in [0.5, 0.6) is 11.5 Å². The van der Waals surface area contributed by atoms with Crippen LogP contribution in [0.25, 0.3) is 0 Å². The van der Waals surface area contributed by atoms with Crippen molar-refractivity contribution in [1.82, 2.24) is 10.6 Å². The number of ether oxygens (including phenoxy) is 3. The Morgan fingerprint density at radius 1 is 1.13 bits per heavy atom. The monoisotopic (exact) mass is 486 g/mol. The third-order valence-corrected chi connectivity index (χ3v) is 7.94. The van der Waals surface area contributed by atoms with E-state index in [1.165, 1.54) is 33.5 Å². The highest BCUT2D eigenvalue weighted by atomic mass is 35.5. The smallest absolute Gasteiger partial charge is 0.338 e. The lowest BCUT2D eigenvalue weighted by Crippen LogP contribution is -2.47. The molecule has 1 unspecified atom stereocenters. The van der Waals surface area contributed by atoms with Crippen molar-refractivity contribution in [2.45, 2.75) is 10.3 Å². The third-order valence-electron chi connectivity index (χ3n) is 4.49. The van der Waals surface area contributed by atoms with Crippen LogP contribution in [-0.2, 0) is 19.4 Å². The fourth-order valence-corrected chi connectivity index (χ4v) is 5.98. The minimum absolute atomic E-state index is 0.0182. The van der Waals surface area contributed by atoms with Crippen LogP contribution in [0.15, 0.2) is 45.8 Å². The molecule has 0 spiro atoms. The fourth-order valence-electron chi connectivity index (χ4n) is 3.09. The highest BCUT2D eigenvalue weighted by Crippen LogP contribution is 2.35. The van der Waals surface area contributed by atoms with E-state index in [2.05, 4.69) is 10.6 Å². The van der Waals surface area contributed by atoms with Gasteiger partial charge in [0, 0.05) is 5.70 Å². The Bertz CT molecular complexity index is 1160. The molecule has 2 N–H and O–H groups in total. The zero-order valence-corrected chi connectivity index (χ0v) is 19.1. The Kier molecular flexibility index (Phi) is 6.77. The Labute approximate surface area is 187 Å². The number of rotatable bonds is 7. The van der Waals surface area contributed by atoms with Crippen LogP contribution in [0.2, 0.25) is 4.34 Å². The van der Waals surface area contributed by atoms with Gasteiger partial charge in [-0.25, -0.2) is 18.0 Å². The van der Waals surface area contributed by atoms with Gasteiger partial charge in [0.15, 0.2) is 21.3 Å². The molecule has 1 aromatic carbocycles. The number of carbonyl (C=O) groups is 2. The van der Waals surface area contributed by atoms with E-state index in [0.717, 1.165) is 11.3 Å². The van der Waals surface area contributed by atoms with Gasteiger partial charge in [-0.3, -0.25) is 0 Å². The van der Waals surface area contributed by atoms with Gasteiger partial charge in [-0.2, -0.15) is 0 Å². The molecule has 166 valence electrons. The number of amides is 2. The lowest BCUT2D eigenvalue weighted by molar-refractivity contribution is -0.136. The van der Waals surface area contributed by atoms with Crippen LogP contribution < -0.4 is 20.1 Å². The van der Waals surface area contributed by atoms with E-state index in [-0.39, 0.29) is 15.5 Å². The van der Waals surface area contributed by atoms with Crippen molar-refractivity contribution < 1.29 is 32.2 Å². The largest absolute Gasteiger partial charge is 0.493 e. The van der Waals surface area contributed by atoms with Gasteiger partial charge in [-0.05, 0) is 29.8 Å². The van der Waals surface area contributed by atoms with Crippen LogP contribution >= 0.6 is 22.9 Å². The predicted octanol–water partition coefficient (Wildman–Crippen LogP) is 2.67. The standard InChI is InChI=1S/C19H19ClN2O7S2/c1-27-12-5-4-10(8-13(12)28-2)17-16(18(23)29-3)11(21-19(24)22-17)9-31(25,26)15-7-6-14(20)30-15/h4-8,17H,9H2,1-3H3,(H2,21,22,24). The fraction of sp³-hybridized carbons (Fsp3) is 0.263. The molecular weight excluding hydrogens is 468 g/mol. The number of nitrogens with one attached hydrogen (secondary N) is 2. The zero-order valence-electron chi connectivity index (χ0n) is 16.7. The average molecular weight is 487 g/mol.